The molecule has 0 spiro atoms. The van der Waals surface area contributed by atoms with Gasteiger partial charge in [0.25, 0.3) is 5.91 Å². The smallest absolute Gasteiger partial charge is 0.251 e. The third-order valence-electron chi connectivity index (χ3n) is 6.35. The first-order valence-corrected chi connectivity index (χ1v) is 10.2. The number of carbonyl (C=O) groups excluding carboxylic acids is 2. The van der Waals surface area contributed by atoms with Crippen molar-refractivity contribution in [1.29, 1.82) is 0 Å². The van der Waals surface area contributed by atoms with Gasteiger partial charge in [-0.25, -0.2) is 0 Å². The highest BCUT2D eigenvalue weighted by Gasteiger charge is 2.38. The Morgan fingerprint density at radius 2 is 1.93 bits per heavy atom. The molecule has 2 aromatic carbocycles. The Kier molecular flexibility index (Phi) is 5.15. The Hall–Kier alpha value is -2.36. The highest BCUT2D eigenvalue weighted by atomic mass is 16.2. The third kappa shape index (κ3) is 3.85. The minimum atomic E-state index is -0.0626. The predicted octanol–water partition coefficient (Wildman–Crippen LogP) is 3.90. The molecule has 4 heteroatoms. The summed E-state index contributed by atoms with van der Waals surface area (Å²) in [5.74, 6) is 1.45. The Morgan fingerprint density at radius 3 is 2.81 bits per heavy atom. The van der Waals surface area contributed by atoms with Crippen LogP contribution in [-0.4, -0.2) is 24.4 Å². The molecule has 4 nitrogen and oxygen atoms in total. The predicted molar refractivity (Wildman–Crippen MR) is 107 cm³/mol. The summed E-state index contributed by atoms with van der Waals surface area (Å²) in [7, 11) is 0. The molecule has 0 radical (unpaired) electrons. The number of piperidine rings is 1. The van der Waals surface area contributed by atoms with Gasteiger partial charge in [-0.3, -0.25) is 9.59 Å². The summed E-state index contributed by atoms with van der Waals surface area (Å²) in [5, 5.41) is 8.29. The van der Waals surface area contributed by atoms with Gasteiger partial charge in [0.1, 0.15) is 0 Å². The number of benzene rings is 2. The lowest BCUT2D eigenvalue weighted by Gasteiger charge is -2.41. The van der Waals surface area contributed by atoms with Crippen LogP contribution in [0.5, 0.6) is 0 Å². The normalized spacial score (nSPS) is 27.7. The van der Waals surface area contributed by atoms with E-state index in [0.717, 1.165) is 23.6 Å². The highest BCUT2D eigenvalue weighted by Crippen LogP contribution is 2.36. The number of amides is 2. The molecule has 1 saturated carbocycles. The first-order chi connectivity index (χ1) is 13.1. The zero-order valence-electron chi connectivity index (χ0n) is 15.9. The molecular weight excluding hydrogens is 336 g/mol. The maximum absolute atomic E-state index is 12.6. The van der Waals surface area contributed by atoms with E-state index in [4.69, 9.17) is 0 Å². The van der Waals surface area contributed by atoms with E-state index in [9.17, 15) is 9.59 Å². The van der Waals surface area contributed by atoms with Crippen LogP contribution in [0.3, 0.4) is 0 Å². The van der Waals surface area contributed by atoms with E-state index in [2.05, 4.69) is 17.6 Å². The minimum Gasteiger partial charge on any atom is -0.353 e. The minimum absolute atomic E-state index is 0.0208. The zero-order valence-corrected chi connectivity index (χ0v) is 15.9. The van der Waals surface area contributed by atoms with Crippen molar-refractivity contribution >= 4 is 22.6 Å². The van der Waals surface area contributed by atoms with Crippen molar-refractivity contribution in [1.82, 2.24) is 10.6 Å². The number of carbonyl (C=O) groups is 2. The first-order valence-electron chi connectivity index (χ1n) is 10.2. The van der Waals surface area contributed by atoms with Gasteiger partial charge in [0.05, 0.1) is 0 Å². The summed E-state index contributed by atoms with van der Waals surface area (Å²) in [5.41, 5.74) is 0.697. The van der Waals surface area contributed by atoms with Gasteiger partial charge in [0.2, 0.25) is 5.91 Å². The van der Waals surface area contributed by atoms with E-state index in [1.807, 2.05) is 42.5 Å². The molecule has 2 amide bonds. The van der Waals surface area contributed by atoms with Crippen molar-refractivity contribution in [3.63, 3.8) is 0 Å². The number of hydrogen-bond acceptors (Lipinski definition) is 2. The second-order valence-corrected chi connectivity index (χ2v) is 8.30. The van der Waals surface area contributed by atoms with E-state index in [0.29, 0.717) is 36.4 Å². The molecule has 27 heavy (non-hydrogen) atoms. The van der Waals surface area contributed by atoms with E-state index in [-0.39, 0.29) is 17.7 Å². The monoisotopic (exact) mass is 364 g/mol. The Labute approximate surface area is 160 Å². The lowest BCUT2D eigenvalue weighted by Crippen LogP contribution is -2.52. The van der Waals surface area contributed by atoms with Crippen molar-refractivity contribution in [3.8, 4) is 0 Å². The van der Waals surface area contributed by atoms with Crippen LogP contribution < -0.4 is 10.6 Å². The molecule has 4 rings (SSSR count). The molecule has 2 N–H and O–H groups in total. The molecule has 1 saturated heterocycles. The van der Waals surface area contributed by atoms with Gasteiger partial charge >= 0.3 is 0 Å². The van der Waals surface area contributed by atoms with E-state index >= 15 is 0 Å². The van der Waals surface area contributed by atoms with Crippen molar-refractivity contribution < 1.29 is 9.59 Å². The molecule has 1 aliphatic heterocycles. The summed E-state index contributed by atoms with van der Waals surface area (Å²) in [6, 6.07) is 14.1. The summed E-state index contributed by atoms with van der Waals surface area (Å²) in [4.78, 5) is 25.1. The molecule has 1 heterocycles. The second-order valence-electron chi connectivity index (χ2n) is 8.30. The average molecular weight is 364 g/mol. The number of fused-ring (bicyclic) bond motifs is 2. The lowest BCUT2D eigenvalue weighted by molar-refractivity contribution is -0.130. The Balaban J connectivity index is 1.34. The van der Waals surface area contributed by atoms with Gasteiger partial charge in [-0.05, 0) is 54.4 Å². The largest absolute Gasteiger partial charge is 0.353 e. The van der Waals surface area contributed by atoms with Gasteiger partial charge in [0, 0.05) is 24.1 Å². The SMILES string of the molecule is CC1CCC2CC(CCNC(=O)c3cccc4ccccc34)C(=O)NC2C1. The van der Waals surface area contributed by atoms with Gasteiger partial charge in [-0.15, -0.1) is 0 Å². The maximum Gasteiger partial charge on any atom is 0.251 e. The fraction of sp³-hybridized carbons (Fsp3) is 0.478. The zero-order chi connectivity index (χ0) is 18.8. The standard InChI is InChI=1S/C23H28N2O2/c1-15-9-10-17-14-18(22(26)25-21(17)13-15)11-12-24-23(27)20-8-4-6-16-5-2-3-7-19(16)20/h2-8,15,17-18,21H,9-14H2,1H3,(H,24,27)(H,25,26). The number of rotatable bonds is 4. The molecule has 0 bridgehead atoms. The summed E-state index contributed by atoms with van der Waals surface area (Å²) >= 11 is 0. The number of nitrogens with one attached hydrogen (secondary N) is 2. The molecule has 2 aliphatic rings. The molecule has 4 unspecified atom stereocenters. The Bertz CT molecular complexity index is 842. The van der Waals surface area contributed by atoms with Crippen LogP contribution in [0, 0.1) is 17.8 Å². The maximum atomic E-state index is 12.6. The molecule has 2 fully saturated rings. The molecular formula is C23H28N2O2. The van der Waals surface area contributed by atoms with Crippen molar-refractivity contribution in [2.75, 3.05) is 6.54 Å². The average Bonchev–Trinajstić information content (AvgIpc) is 2.68. The molecule has 1 aliphatic carbocycles. The van der Waals surface area contributed by atoms with E-state index in [1.54, 1.807) is 0 Å². The van der Waals surface area contributed by atoms with Crippen LogP contribution in [0.15, 0.2) is 42.5 Å². The van der Waals surface area contributed by atoms with Crippen LogP contribution >= 0.6 is 0 Å². The fourth-order valence-electron chi connectivity index (χ4n) is 4.80. The third-order valence-corrected chi connectivity index (χ3v) is 6.35. The van der Waals surface area contributed by atoms with Crippen LogP contribution in [0.2, 0.25) is 0 Å². The van der Waals surface area contributed by atoms with Gasteiger partial charge in [-0.2, -0.15) is 0 Å². The molecule has 0 aromatic heterocycles. The topological polar surface area (TPSA) is 58.2 Å². The van der Waals surface area contributed by atoms with Crippen LogP contribution in [0.4, 0.5) is 0 Å². The van der Waals surface area contributed by atoms with Crippen molar-refractivity contribution in [3.05, 3.63) is 48.0 Å². The highest BCUT2D eigenvalue weighted by molar-refractivity contribution is 6.07. The summed E-state index contributed by atoms with van der Waals surface area (Å²) < 4.78 is 0. The summed E-state index contributed by atoms with van der Waals surface area (Å²) in [6.45, 7) is 2.81. The van der Waals surface area contributed by atoms with Gasteiger partial charge in [0.15, 0.2) is 0 Å². The molecule has 142 valence electrons. The van der Waals surface area contributed by atoms with Gasteiger partial charge in [-0.1, -0.05) is 49.7 Å². The van der Waals surface area contributed by atoms with Crippen molar-refractivity contribution in [2.45, 2.75) is 45.1 Å². The van der Waals surface area contributed by atoms with E-state index in [1.165, 1.54) is 12.8 Å². The fourth-order valence-corrected chi connectivity index (χ4v) is 4.80. The van der Waals surface area contributed by atoms with E-state index < -0.39 is 0 Å². The lowest BCUT2D eigenvalue weighted by atomic mass is 9.72. The van der Waals surface area contributed by atoms with Crippen LogP contribution in [0.25, 0.3) is 10.8 Å². The molecule has 2 aromatic rings. The van der Waals surface area contributed by atoms with Crippen LogP contribution in [0.1, 0.15) is 49.4 Å². The van der Waals surface area contributed by atoms with Gasteiger partial charge < -0.3 is 10.6 Å². The van der Waals surface area contributed by atoms with Crippen molar-refractivity contribution in [2.24, 2.45) is 17.8 Å². The van der Waals surface area contributed by atoms with Crippen LogP contribution in [-0.2, 0) is 4.79 Å². The quantitative estimate of drug-likeness (QED) is 0.864. The first kappa shape index (κ1) is 18.0. The number of hydrogen-bond donors (Lipinski definition) is 2. The Morgan fingerprint density at radius 1 is 1.11 bits per heavy atom. The summed E-state index contributed by atoms with van der Waals surface area (Å²) in [6.07, 6.45) is 5.27. The second kappa shape index (κ2) is 7.71. The molecule has 4 atom stereocenters.